The molecule has 0 saturated carbocycles. The number of aliphatic imine (C=N–C) groups is 1. The van der Waals surface area contributed by atoms with Gasteiger partial charge in [-0.2, -0.15) is 0 Å². The summed E-state index contributed by atoms with van der Waals surface area (Å²) in [6, 6.07) is 6.24. The molecule has 0 aliphatic carbocycles. The Kier molecular flexibility index (Phi) is 10.6. The molecule has 0 bridgehead atoms. The summed E-state index contributed by atoms with van der Waals surface area (Å²) in [5.41, 5.74) is 2.28. The Bertz CT molecular complexity index is 492. The fourth-order valence-electron chi connectivity index (χ4n) is 2.11. The topological polar surface area (TPSA) is 64.1 Å². The van der Waals surface area contributed by atoms with E-state index in [1.807, 2.05) is 6.92 Å². The summed E-state index contributed by atoms with van der Waals surface area (Å²) >= 11 is 0. The molecule has 0 saturated heterocycles. The third-order valence-corrected chi connectivity index (χ3v) is 3.39. The molecule has 0 amide bonds. The number of hydrogen-bond acceptors (Lipinski definition) is 4. The van der Waals surface area contributed by atoms with E-state index in [0.29, 0.717) is 26.4 Å². The van der Waals surface area contributed by atoms with Crippen LogP contribution in [-0.2, 0) is 16.0 Å². The van der Waals surface area contributed by atoms with Gasteiger partial charge in [-0.25, -0.2) is 0 Å². The van der Waals surface area contributed by atoms with Crippen LogP contribution >= 0.6 is 0 Å². The van der Waals surface area contributed by atoms with Crippen molar-refractivity contribution in [3.8, 4) is 5.75 Å². The van der Waals surface area contributed by atoms with Crippen LogP contribution in [0.25, 0.3) is 0 Å². The van der Waals surface area contributed by atoms with Crippen molar-refractivity contribution < 1.29 is 14.2 Å². The Labute approximate surface area is 145 Å². The first-order valence-electron chi connectivity index (χ1n) is 8.44. The summed E-state index contributed by atoms with van der Waals surface area (Å²) in [7, 11) is 3.46. The molecule has 1 aromatic carbocycles. The number of rotatable bonds is 11. The van der Waals surface area contributed by atoms with Crippen LogP contribution in [0.3, 0.4) is 0 Å². The number of ether oxygens (including phenoxy) is 3. The lowest BCUT2D eigenvalue weighted by atomic mass is 10.1. The average molecular weight is 337 g/mol. The number of benzene rings is 1. The Morgan fingerprint density at radius 1 is 1.17 bits per heavy atom. The highest BCUT2D eigenvalue weighted by atomic mass is 16.5. The van der Waals surface area contributed by atoms with Crippen molar-refractivity contribution >= 4 is 5.96 Å². The summed E-state index contributed by atoms with van der Waals surface area (Å²) in [5, 5.41) is 6.52. The van der Waals surface area contributed by atoms with Gasteiger partial charge in [-0.3, -0.25) is 4.99 Å². The van der Waals surface area contributed by atoms with E-state index in [9.17, 15) is 0 Å². The largest absolute Gasteiger partial charge is 0.493 e. The van der Waals surface area contributed by atoms with E-state index in [2.05, 4.69) is 40.7 Å². The minimum absolute atomic E-state index is 0.644. The number of nitrogens with one attached hydrogen (secondary N) is 2. The average Bonchev–Trinajstić information content (AvgIpc) is 2.59. The van der Waals surface area contributed by atoms with Crippen molar-refractivity contribution in [3.63, 3.8) is 0 Å². The molecule has 0 radical (unpaired) electrons. The molecule has 2 N–H and O–H groups in total. The SMILES string of the molecule is CCOCCNC(=NC)NCc1ccc(C)cc1OCCCOC. The van der Waals surface area contributed by atoms with Gasteiger partial charge in [0.15, 0.2) is 5.96 Å². The number of guanidine groups is 1. The summed E-state index contributed by atoms with van der Waals surface area (Å²) in [6.45, 7) is 8.15. The van der Waals surface area contributed by atoms with Crippen molar-refractivity contribution in [2.24, 2.45) is 4.99 Å². The monoisotopic (exact) mass is 337 g/mol. The van der Waals surface area contributed by atoms with Gasteiger partial charge >= 0.3 is 0 Å². The highest BCUT2D eigenvalue weighted by molar-refractivity contribution is 5.79. The molecule has 0 unspecified atom stereocenters. The van der Waals surface area contributed by atoms with Crippen LogP contribution < -0.4 is 15.4 Å². The number of nitrogens with zero attached hydrogens (tertiary/aromatic N) is 1. The molecule has 0 atom stereocenters. The van der Waals surface area contributed by atoms with Crippen molar-refractivity contribution in [2.75, 3.05) is 47.1 Å². The van der Waals surface area contributed by atoms with Gasteiger partial charge in [0.25, 0.3) is 0 Å². The number of hydrogen-bond donors (Lipinski definition) is 2. The van der Waals surface area contributed by atoms with Crippen molar-refractivity contribution in [1.29, 1.82) is 0 Å². The van der Waals surface area contributed by atoms with Gasteiger partial charge in [0.1, 0.15) is 5.75 Å². The zero-order valence-electron chi connectivity index (χ0n) is 15.4. The van der Waals surface area contributed by atoms with Gasteiger partial charge < -0.3 is 24.8 Å². The molecular formula is C18H31N3O3. The fourth-order valence-corrected chi connectivity index (χ4v) is 2.11. The summed E-state index contributed by atoms with van der Waals surface area (Å²) < 4.78 is 16.3. The molecule has 0 aliphatic heterocycles. The molecular weight excluding hydrogens is 306 g/mol. The third-order valence-electron chi connectivity index (χ3n) is 3.39. The second kappa shape index (κ2) is 12.6. The fraction of sp³-hybridized carbons (Fsp3) is 0.611. The Morgan fingerprint density at radius 3 is 2.71 bits per heavy atom. The first-order chi connectivity index (χ1) is 11.7. The lowest BCUT2D eigenvalue weighted by Crippen LogP contribution is -2.38. The van der Waals surface area contributed by atoms with Crippen molar-refractivity contribution in [3.05, 3.63) is 29.3 Å². The van der Waals surface area contributed by atoms with Gasteiger partial charge in [0.2, 0.25) is 0 Å². The van der Waals surface area contributed by atoms with Gasteiger partial charge in [-0.1, -0.05) is 12.1 Å². The van der Waals surface area contributed by atoms with Crippen LogP contribution in [0.2, 0.25) is 0 Å². The van der Waals surface area contributed by atoms with E-state index in [1.54, 1.807) is 14.2 Å². The maximum atomic E-state index is 5.90. The van der Waals surface area contributed by atoms with Crippen LogP contribution in [0, 0.1) is 6.92 Å². The molecule has 136 valence electrons. The lowest BCUT2D eigenvalue weighted by molar-refractivity contribution is 0.152. The van der Waals surface area contributed by atoms with Crippen molar-refractivity contribution in [2.45, 2.75) is 26.8 Å². The van der Waals surface area contributed by atoms with E-state index in [4.69, 9.17) is 14.2 Å². The second-order valence-corrected chi connectivity index (χ2v) is 5.36. The lowest BCUT2D eigenvalue weighted by Gasteiger charge is -2.15. The third kappa shape index (κ3) is 8.17. The van der Waals surface area contributed by atoms with Crippen LogP contribution in [0.5, 0.6) is 5.75 Å². The Balaban J connectivity index is 2.52. The Hall–Kier alpha value is -1.79. The standard InChI is InChI=1S/C18H31N3O3/c1-5-23-12-9-20-18(19-3)21-14-16-8-7-15(2)13-17(16)24-11-6-10-22-4/h7-8,13H,5-6,9-12,14H2,1-4H3,(H2,19,20,21). The van der Waals surface area contributed by atoms with Gasteiger partial charge in [-0.15, -0.1) is 0 Å². The zero-order chi connectivity index (χ0) is 17.6. The smallest absolute Gasteiger partial charge is 0.191 e. The molecule has 1 rings (SSSR count). The minimum atomic E-state index is 0.644. The van der Waals surface area contributed by atoms with Gasteiger partial charge in [0, 0.05) is 52.4 Å². The summed E-state index contributed by atoms with van der Waals surface area (Å²) in [6.07, 6.45) is 0.873. The minimum Gasteiger partial charge on any atom is -0.493 e. The zero-order valence-corrected chi connectivity index (χ0v) is 15.4. The predicted molar refractivity (Wildman–Crippen MR) is 97.9 cm³/mol. The van der Waals surface area contributed by atoms with Crippen LogP contribution in [0.1, 0.15) is 24.5 Å². The highest BCUT2D eigenvalue weighted by Gasteiger charge is 2.06. The van der Waals surface area contributed by atoms with E-state index in [-0.39, 0.29) is 0 Å². The second-order valence-electron chi connectivity index (χ2n) is 5.36. The van der Waals surface area contributed by atoms with Crippen molar-refractivity contribution in [1.82, 2.24) is 10.6 Å². The predicted octanol–water partition coefficient (Wildman–Crippen LogP) is 2.11. The number of methoxy groups -OCH3 is 1. The van der Waals surface area contributed by atoms with Crippen LogP contribution in [-0.4, -0.2) is 53.1 Å². The van der Waals surface area contributed by atoms with E-state index in [1.165, 1.54) is 5.56 Å². The normalized spacial score (nSPS) is 11.4. The molecule has 6 heteroatoms. The van der Waals surface area contributed by atoms with E-state index >= 15 is 0 Å². The Morgan fingerprint density at radius 2 is 2.00 bits per heavy atom. The molecule has 24 heavy (non-hydrogen) atoms. The first-order valence-corrected chi connectivity index (χ1v) is 8.44. The van der Waals surface area contributed by atoms with E-state index < -0.39 is 0 Å². The van der Waals surface area contributed by atoms with Crippen LogP contribution in [0.4, 0.5) is 0 Å². The molecule has 0 fully saturated rings. The first kappa shape index (κ1) is 20.3. The maximum Gasteiger partial charge on any atom is 0.191 e. The van der Waals surface area contributed by atoms with Crippen LogP contribution in [0.15, 0.2) is 23.2 Å². The van der Waals surface area contributed by atoms with Gasteiger partial charge in [-0.05, 0) is 25.5 Å². The molecule has 0 spiro atoms. The molecule has 6 nitrogen and oxygen atoms in total. The van der Waals surface area contributed by atoms with E-state index in [0.717, 1.165) is 36.8 Å². The summed E-state index contributed by atoms with van der Waals surface area (Å²) in [5.74, 6) is 1.66. The number of aryl methyl sites for hydroxylation is 1. The molecule has 0 heterocycles. The summed E-state index contributed by atoms with van der Waals surface area (Å²) in [4.78, 5) is 4.22. The highest BCUT2D eigenvalue weighted by Crippen LogP contribution is 2.20. The molecule has 1 aromatic rings. The maximum absolute atomic E-state index is 5.90. The molecule has 0 aromatic heterocycles. The molecule has 0 aliphatic rings. The quantitative estimate of drug-likeness (QED) is 0.368. The van der Waals surface area contributed by atoms with Gasteiger partial charge in [0.05, 0.1) is 13.2 Å².